The topological polar surface area (TPSA) is 111 Å². The zero-order valence-corrected chi connectivity index (χ0v) is 26.0. The molecule has 1 aliphatic rings. The number of fused-ring (bicyclic) bond motifs is 1. The number of imidazole rings is 1. The summed E-state index contributed by atoms with van der Waals surface area (Å²) in [6.45, 7) is 1.42. The highest BCUT2D eigenvalue weighted by molar-refractivity contribution is 7.91. The van der Waals surface area contributed by atoms with Gasteiger partial charge in [0, 0.05) is 42.4 Å². The molecule has 0 bridgehead atoms. The fourth-order valence-corrected chi connectivity index (χ4v) is 6.72. The van der Waals surface area contributed by atoms with Crippen LogP contribution in [-0.2, 0) is 16.4 Å². The number of ether oxygens (including phenoxy) is 2. The first-order chi connectivity index (χ1) is 22.5. The largest absolute Gasteiger partial charge is 0.493 e. The number of benzene rings is 3. The number of aromatic nitrogens is 4. The summed E-state index contributed by atoms with van der Waals surface area (Å²) in [6.07, 6.45) is 3.69. The summed E-state index contributed by atoms with van der Waals surface area (Å²) >= 11 is 0. The van der Waals surface area contributed by atoms with E-state index in [0.29, 0.717) is 42.8 Å². The fraction of sp³-hybridized carbons (Fsp3) is 0.171. The van der Waals surface area contributed by atoms with Crippen LogP contribution in [0.1, 0.15) is 5.56 Å². The molecule has 0 spiro atoms. The van der Waals surface area contributed by atoms with E-state index in [1.54, 1.807) is 13.3 Å². The Morgan fingerprint density at radius 2 is 1.63 bits per heavy atom. The normalized spacial score (nSPS) is 14.2. The van der Waals surface area contributed by atoms with Gasteiger partial charge in [-0.2, -0.15) is 0 Å². The monoisotopic (exact) mass is 632 g/mol. The molecule has 7 rings (SSSR count). The number of anilines is 3. The van der Waals surface area contributed by atoms with E-state index in [0.717, 1.165) is 39.5 Å². The van der Waals surface area contributed by atoms with Gasteiger partial charge in [0.05, 0.1) is 35.7 Å². The van der Waals surface area contributed by atoms with E-state index in [2.05, 4.69) is 15.2 Å². The van der Waals surface area contributed by atoms with Crippen LogP contribution in [0.15, 0.2) is 109 Å². The van der Waals surface area contributed by atoms with E-state index in [-0.39, 0.29) is 11.5 Å². The van der Waals surface area contributed by atoms with Gasteiger partial charge in [-0.15, -0.1) is 0 Å². The third-order valence-corrected chi connectivity index (χ3v) is 9.54. The molecule has 0 unspecified atom stereocenters. The van der Waals surface area contributed by atoms with E-state index >= 15 is 0 Å². The van der Waals surface area contributed by atoms with Crippen molar-refractivity contribution in [2.24, 2.45) is 0 Å². The summed E-state index contributed by atoms with van der Waals surface area (Å²) in [7, 11) is -1.31. The molecule has 3 aromatic heterocycles. The second-order valence-electron chi connectivity index (χ2n) is 11.0. The predicted octanol–water partition coefficient (Wildman–Crippen LogP) is 6.02. The number of methoxy groups -OCH3 is 1. The molecular weight excluding hydrogens is 600 g/mol. The van der Waals surface area contributed by atoms with Gasteiger partial charge in [-0.3, -0.25) is 4.40 Å². The Balaban J connectivity index is 1.16. The average molecular weight is 633 g/mol. The molecule has 46 heavy (non-hydrogen) atoms. The summed E-state index contributed by atoms with van der Waals surface area (Å²) in [5.41, 5.74) is 6.77. The van der Waals surface area contributed by atoms with Crippen LogP contribution in [-0.4, -0.2) is 59.5 Å². The molecule has 3 aromatic carbocycles. The molecule has 0 atom stereocenters. The Hall–Kier alpha value is -5.42. The first-order valence-electron chi connectivity index (χ1n) is 14.9. The maximum Gasteiger partial charge on any atom is 0.227 e. The minimum Gasteiger partial charge on any atom is -0.493 e. The Labute approximate surface area is 267 Å². The lowest BCUT2D eigenvalue weighted by atomic mass is 10.1. The van der Waals surface area contributed by atoms with Gasteiger partial charge in [0.15, 0.2) is 21.3 Å². The van der Waals surface area contributed by atoms with E-state index in [4.69, 9.17) is 19.4 Å². The lowest BCUT2D eigenvalue weighted by Crippen LogP contribution is -2.40. The summed E-state index contributed by atoms with van der Waals surface area (Å²) in [5.74, 6) is 2.05. The van der Waals surface area contributed by atoms with Crippen molar-refractivity contribution in [2.75, 3.05) is 41.9 Å². The van der Waals surface area contributed by atoms with Crippen molar-refractivity contribution in [3.63, 3.8) is 0 Å². The number of nitrogens with one attached hydrogen (secondary N) is 1. The molecule has 4 heterocycles. The van der Waals surface area contributed by atoms with Gasteiger partial charge in [0.2, 0.25) is 5.95 Å². The Morgan fingerprint density at radius 1 is 0.848 bits per heavy atom. The fourth-order valence-electron chi connectivity index (χ4n) is 5.52. The predicted molar refractivity (Wildman–Crippen MR) is 180 cm³/mol. The van der Waals surface area contributed by atoms with Gasteiger partial charge in [0.25, 0.3) is 0 Å². The molecule has 1 saturated heterocycles. The van der Waals surface area contributed by atoms with Crippen LogP contribution < -0.4 is 19.7 Å². The highest BCUT2D eigenvalue weighted by Gasteiger charge is 2.22. The van der Waals surface area contributed by atoms with Crippen LogP contribution in [0.5, 0.6) is 11.5 Å². The van der Waals surface area contributed by atoms with Crippen LogP contribution in [0.4, 0.5) is 17.3 Å². The molecule has 1 aliphatic heterocycles. The zero-order valence-electron chi connectivity index (χ0n) is 25.2. The van der Waals surface area contributed by atoms with Crippen molar-refractivity contribution in [3.05, 3.63) is 115 Å². The molecule has 10 nitrogen and oxygen atoms in total. The smallest absolute Gasteiger partial charge is 0.227 e. The molecule has 1 N–H and O–H groups in total. The number of rotatable bonds is 9. The lowest BCUT2D eigenvalue weighted by molar-refractivity contribution is 0.284. The van der Waals surface area contributed by atoms with E-state index in [1.165, 1.54) is 0 Å². The van der Waals surface area contributed by atoms with Crippen molar-refractivity contribution < 1.29 is 17.9 Å². The van der Waals surface area contributed by atoms with Crippen LogP contribution in [0, 0.1) is 0 Å². The van der Waals surface area contributed by atoms with E-state index in [9.17, 15) is 8.42 Å². The average Bonchev–Trinajstić information content (AvgIpc) is 3.48. The molecule has 6 aromatic rings. The number of nitrogens with zero attached hydrogens (tertiary/aromatic N) is 5. The quantitative estimate of drug-likeness (QED) is 0.204. The summed E-state index contributed by atoms with van der Waals surface area (Å²) < 4.78 is 37.5. The minimum absolute atomic E-state index is 0.178. The summed E-state index contributed by atoms with van der Waals surface area (Å²) in [4.78, 5) is 16.4. The standard InChI is InChI=1S/C35H32N6O4S/c1-44-31-23-26(10-15-30(31)45-24-25-7-3-2-4-8-25)33-34(41-18-6-5-9-32(41)39-33)29-16-17-36-35(38-29)37-27-11-13-28(14-12-27)40-19-21-46(42,43)22-20-40/h2-18,23H,19-22,24H2,1H3,(H,36,37,38). The third kappa shape index (κ3) is 6.22. The van der Waals surface area contributed by atoms with Gasteiger partial charge in [0.1, 0.15) is 12.3 Å². The number of hydrogen-bond donors (Lipinski definition) is 1. The van der Waals surface area contributed by atoms with Gasteiger partial charge in [-0.25, -0.2) is 23.4 Å². The second-order valence-corrected chi connectivity index (χ2v) is 13.3. The summed E-state index contributed by atoms with van der Waals surface area (Å²) in [6, 6.07) is 31.4. The van der Waals surface area contributed by atoms with Crippen LogP contribution >= 0.6 is 0 Å². The van der Waals surface area contributed by atoms with Gasteiger partial charge >= 0.3 is 0 Å². The van der Waals surface area contributed by atoms with Crippen LogP contribution in [0.3, 0.4) is 0 Å². The van der Waals surface area contributed by atoms with Crippen molar-refractivity contribution in [3.8, 4) is 34.1 Å². The van der Waals surface area contributed by atoms with Crippen molar-refractivity contribution in [2.45, 2.75) is 6.61 Å². The van der Waals surface area contributed by atoms with E-state index < -0.39 is 9.84 Å². The van der Waals surface area contributed by atoms with Gasteiger partial charge in [-0.1, -0.05) is 36.4 Å². The van der Waals surface area contributed by atoms with Gasteiger partial charge in [-0.05, 0) is 66.2 Å². The second kappa shape index (κ2) is 12.5. The number of sulfone groups is 1. The zero-order chi connectivity index (χ0) is 31.5. The lowest BCUT2D eigenvalue weighted by Gasteiger charge is -2.28. The first-order valence-corrected chi connectivity index (χ1v) is 16.8. The highest BCUT2D eigenvalue weighted by atomic mass is 32.2. The van der Waals surface area contributed by atoms with Crippen LogP contribution in [0.25, 0.3) is 28.3 Å². The molecule has 0 aliphatic carbocycles. The van der Waals surface area contributed by atoms with E-state index in [1.807, 2.05) is 108 Å². The van der Waals surface area contributed by atoms with Gasteiger partial charge < -0.3 is 19.7 Å². The maximum atomic E-state index is 11.8. The highest BCUT2D eigenvalue weighted by Crippen LogP contribution is 2.37. The molecule has 232 valence electrons. The van der Waals surface area contributed by atoms with Crippen LogP contribution in [0.2, 0.25) is 0 Å². The molecule has 0 saturated carbocycles. The minimum atomic E-state index is -2.94. The molecule has 0 radical (unpaired) electrons. The molecule has 11 heteroatoms. The molecule has 0 amide bonds. The first kappa shape index (κ1) is 29.3. The molecule has 1 fully saturated rings. The molecular formula is C35H32N6O4S. The Morgan fingerprint density at radius 3 is 2.41 bits per heavy atom. The SMILES string of the molecule is COc1cc(-c2nc3ccccn3c2-c2ccnc(Nc3ccc(N4CCS(=O)(=O)CC4)cc3)n2)ccc1OCc1ccccc1. The van der Waals surface area contributed by atoms with Crippen molar-refractivity contribution in [1.82, 2.24) is 19.4 Å². The Bertz CT molecular complexity index is 2090. The summed E-state index contributed by atoms with van der Waals surface area (Å²) in [5, 5.41) is 3.31. The Kier molecular flexibility index (Phi) is 7.98. The third-order valence-electron chi connectivity index (χ3n) is 7.94. The van der Waals surface area contributed by atoms with Crippen molar-refractivity contribution in [1.29, 1.82) is 0 Å². The number of pyridine rings is 1. The van der Waals surface area contributed by atoms with Crippen molar-refractivity contribution >= 4 is 32.8 Å². The number of hydrogen-bond acceptors (Lipinski definition) is 9. The maximum absolute atomic E-state index is 11.8.